The van der Waals surface area contributed by atoms with Crippen LogP contribution >= 0.6 is 11.8 Å². The minimum Gasteiger partial charge on any atom is -0.461 e. The molecule has 7 nitrogen and oxygen atoms in total. The number of hydrogen-bond donors (Lipinski definition) is 1. The zero-order chi connectivity index (χ0) is 19.6. The molecule has 1 aliphatic rings. The van der Waals surface area contributed by atoms with Crippen LogP contribution in [-0.2, 0) is 20.8 Å². The van der Waals surface area contributed by atoms with Crippen molar-refractivity contribution < 1.29 is 19.1 Å². The molecule has 1 heterocycles. The first-order chi connectivity index (χ1) is 13.0. The number of nitrogens with one attached hydrogen (secondary N) is 1. The standard InChI is InChI=1S/C19H25N3O4S/c1-4-14(2)20-19(24)21-16-13-27-18(26-16)12-25-17(23)11-22(3)10-15-8-6-5-7-9-15/h4-9,16,18H,1,10-13H2,2-3H3,(H,21,24)/b20-14-. The molecule has 2 unspecified atom stereocenters. The lowest BCUT2D eigenvalue weighted by Crippen LogP contribution is -2.35. The predicted molar refractivity (Wildman–Crippen MR) is 107 cm³/mol. The van der Waals surface area contributed by atoms with E-state index in [0.717, 1.165) is 5.56 Å². The molecule has 0 aromatic heterocycles. The number of benzene rings is 1. The van der Waals surface area contributed by atoms with Crippen LogP contribution in [0.1, 0.15) is 12.5 Å². The van der Waals surface area contributed by atoms with Gasteiger partial charge in [0.15, 0.2) is 0 Å². The number of nitrogens with zero attached hydrogens (tertiary/aromatic N) is 2. The lowest BCUT2D eigenvalue weighted by atomic mass is 10.2. The van der Waals surface area contributed by atoms with E-state index in [-0.39, 0.29) is 24.6 Å². The van der Waals surface area contributed by atoms with Crippen LogP contribution in [0.4, 0.5) is 4.79 Å². The molecule has 146 valence electrons. The highest BCUT2D eigenvalue weighted by Gasteiger charge is 2.28. The molecule has 1 N–H and O–H groups in total. The average Bonchev–Trinajstić information content (AvgIpc) is 3.07. The second-order valence-electron chi connectivity index (χ2n) is 6.14. The van der Waals surface area contributed by atoms with Crippen molar-refractivity contribution in [3.63, 3.8) is 0 Å². The number of carbonyl (C=O) groups excluding carboxylic acids is 2. The van der Waals surface area contributed by atoms with Gasteiger partial charge < -0.3 is 14.8 Å². The van der Waals surface area contributed by atoms with Crippen LogP contribution in [0, 0.1) is 0 Å². The topological polar surface area (TPSA) is 80.2 Å². The molecule has 2 atom stereocenters. The summed E-state index contributed by atoms with van der Waals surface area (Å²) in [4.78, 5) is 29.4. The quantitative estimate of drug-likeness (QED) is 0.542. The Kier molecular flexibility index (Phi) is 8.50. The van der Waals surface area contributed by atoms with Gasteiger partial charge in [0.25, 0.3) is 0 Å². The van der Waals surface area contributed by atoms with Crippen LogP contribution in [0.5, 0.6) is 0 Å². The van der Waals surface area contributed by atoms with E-state index in [1.54, 1.807) is 6.92 Å². The fourth-order valence-corrected chi connectivity index (χ4v) is 3.30. The first kappa shape index (κ1) is 21.1. The molecule has 8 heteroatoms. The van der Waals surface area contributed by atoms with E-state index in [2.05, 4.69) is 16.9 Å². The van der Waals surface area contributed by atoms with Crippen molar-refractivity contribution in [1.82, 2.24) is 10.2 Å². The maximum absolute atomic E-state index is 12.0. The number of allylic oxidation sites excluding steroid dienone is 1. The van der Waals surface area contributed by atoms with Gasteiger partial charge in [-0.1, -0.05) is 36.9 Å². The number of rotatable bonds is 8. The van der Waals surface area contributed by atoms with E-state index in [1.165, 1.54) is 17.8 Å². The zero-order valence-corrected chi connectivity index (χ0v) is 16.4. The van der Waals surface area contributed by atoms with Crippen molar-refractivity contribution in [2.45, 2.75) is 25.1 Å². The van der Waals surface area contributed by atoms with Gasteiger partial charge in [-0.3, -0.25) is 9.69 Å². The van der Waals surface area contributed by atoms with Crippen LogP contribution in [0.3, 0.4) is 0 Å². The van der Waals surface area contributed by atoms with E-state index >= 15 is 0 Å². The molecule has 1 aromatic rings. The third-order valence-corrected chi connectivity index (χ3v) is 4.80. The molecule has 1 aromatic carbocycles. The number of ether oxygens (including phenoxy) is 2. The molecule has 1 fully saturated rings. The minimum absolute atomic E-state index is 0.143. The Labute approximate surface area is 163 Å². The third-order valence-electron chi connectivity index (χ3n) is 3.68. The van der Waals surface area contributed by atoms with Gasteiger partial charge in [-0.25, -0.2) is 4.79 Å². The minimum atomic E-state index is -0.474. The second kappa shape index (κ2) is 10.9. The van der Waals surface area contributed by atoms with Crippen molar-refractivity contribution in [1.29, 1.82) is 0 Å². The average molecular weight is 391 g/mol. The van der Waals surface area contributed by atoms with Gasteiger partial charge in [0.2, 0.25) is 0 Å². The molecule has 1 aliphatic heterocycles. The molecule has 0 spiro atoms. The Balaban J connectivity index is 1.66. The number of likely N-dealkylation sites (N-methyl/N-ethyl adjacent to an activating group) is 1. The molecular formula is C19H25N3O4S. The molecule has 0 aliphatic carbocycles. The van der Waals surface area contributed by atoms with Crippen LogP contribution in [0.15, 0.2) is 48.0 Å². The molecule has 1 saturated heterocycles. The normalized spacial score (nSPS) is 19.7. The van der Waals surface area contributed by atoms with Crippen LogP contribution in [-0.4, -0.2) is 60.2 Å². The number of aliphatic imine (C=N–C) groups is 1. The summed E-state index contributed by atoms with van der Waals surface area (Å²) in [6, 6.07) is 9.45. The van der Waals surface area contributed by atoms with E-state index < -0.39 is 12.3 Å². The van der Waals surface area contributed by atoms with E-state index in [0.29, 0.717) is 18.0 Å². The molecule has 0 radical (unpaired) electrons. The van der Waals surface area contributed by atoms with Crippen molar-refractivity contribution in [3.05, 3.63) is 48.6 Å². The molecule has 2 rings (SSSR count). The fourth-order valence-electron chi connectivity index (χ4n) is 2.37. The number of thioether (sulfide) groups is 1. The Morgan fingerprint density at radius 3 is 2.89 bits per heavy atom. The molecule has 0 saturated carbocycles. The number of amides is 2. The van der Waals surface area contributed by atoms with E-state index in [9.17, 15) is 9.59 Å². The first-order valence-corrected chi connectivity index (χ1v) is 9.64. The summed E-state index contributed by atoms with van der Waals surface area (Å²) in [6.45, 7) is 6.24. The lowest BCUT2D eigenvalue weighted by Gasteiger charge is -2.17. The molecular weight excluding hydrogens is 366 g/mol. The highest BCUT2D eigenvalue weighted by atomic mass is 32.2. The summed E-state index contributed by atoms with van der Waals surface area (Å²) in [6.07, 6.45) is 1.05. The largest absolute Gasteiger partial charge is 0.461 e. The SMILES string of the molecule is C=C/C(C)=N\C(=O)NC1CSC(COC(=O)CN(C)Cc2ccccc2)O1. The van der Waals surface area contributed by atoms with Crippen LogP contribution in [0.2, 0.25) is 0 Å². The van der Waals surface area contributed by atoms with E-state index in [4.69, 9.17) is 9.47 Å². The van der Waals surface area contributed by atoms with Crippen molar-refractivity contribution >= 4 is 29.5 Å². The predicted octanol–water partition coefficient (Wildman–Crippen LogP) is 2.43. The lowest BCUT2D eigenvalue weighted by molar-refractivity contribution is -0.147. The Morgan fingerprint density at radius 1 is 1.44 bits per heavy atom. The van der Waals surface area contributed by atoms with Crippen LogP contribution in [0.25, 0.3) is 0 Å². The maximum atomic E-state index is 12.0. The van der Waals surface area contributed by atoms with Gasteiger partial charge in [-0.15, -0.1) is 11.8 Å². The van der Waals surface area contributed by atoms with Gasteiger partial charge in [0.05, 0.1) is 6.54 Å². The van der Waals surface area contributed by atoms with E-state index in [1.807, 2.05) is 42.3 Å². The van der Waals surface area contributed by atoms with Crippen LogP contribution < -0.4 is 5.32 Å². The van der Waals surface area contributed by atoms with Gasteiger partial charge in [0.1, 0.15) is 18.3 Å². The number of carbonyl (C=O) groups is 2. The van der Waals surface area contributed by atoms with Crippen molar-refractivity contribution in [2.24, 2.45) is 4.99 Å². The summed E-state index contributed by atoms with van der Waals surface area (Å²) >= 11 is 1.48. The van der Waals surface area contributed by atoms with Crippen molar-refractivity contribution in [3.8, 4) is 0 Å². The van der Waals surface area contributed by atoms with Gasteiger partial charge in [0, 0.05) is 18.0 Å². The van der Waals surface area contributed by atoms with Gasteiger partial charge >= 0.3 is 12.0 Å². The van der Waals surface area contributed by atoms with Crippen molar-refractivity contribution in [2.75, 3.05) is 26.0 Å². The molecule has 0 bridgehead atoms. The zero-order valence-electron chi connectivity index (χ0n) is 15.6. The highest BCUT2D eigenvalue weighted by Crippen LogP contribution is 2.24. The summed E-state index contributed by atoms with van der Waals surface area (Å²) in [5.41, 5.74) is 1.36. The fraction of sp³-hybridized carbons (Fsp3) is 0.421. The summed E-state index contributed by atoms with van der Waals surface area (Å²) in [5, 5.41) is 2.66. The number of esters is 1. The number of urea groups is 1. The Hall–Kier alpha value is -2.16. The number of hydrogen-bond acceptors (Lipinski definition) is 6. The summed E-state index contributed by atoms with van der Waals surface area (Å²) < 4.78 is 10.9. The third kappa shape index (κ3) is 7.94. The molecule has 27 heavy (non-hydrogen) atoms. The molecule has 2 amide bonds. The first-order valence-electron chi connectivity index (χ1n) is 8.59. The summed E-state index contributed by atoms with van der Waals surface area (Å²) in [7, 11) is 1.87. The van der Waals surface area contributed by atoms with Gasteiger partial charge in [-0.05, 0) is 25.6 Å². The Morgan fingerprint density at radius 2 is 2.19 bits per heavy atom. The maximum Gasteiger partial charge on any atom is 0.343 e. The summed E-state index contributed by atoms with van der Waals surface area (Å²) in [5.74, 6) is 0.265. The van der Waals surface area contributed by atoms with Gasteiger partial charge in [-0.2, -0.15) is 4.99 Å². The Bertz CT molecular complexity index is 681. The monoisotopic (exact) mass is 391 g/mol. The second-order valence-corrected chi connectivity index (χ2v) is 7.33. The smallest absolute Gasteiger partial charge is 0.343 e. The highest BCUT2D eigenvalue weighted by molar-refractivity contribution is 8.00.